The van der Waals surface area contributed by atoms with Crippen molar-refractivity contribution in [2.24, 2.45) is 0 Å². The number of hydrogen-bond donors (Lipinski definition) is 1. The van der Waals surface area contributed by atoms with Gasteiger partial charge in [0, 0.05) is 24.0 Å². The Bertz CT molecular complexity index is 610. The lowest BCUT2D eigenvalue weighted by atomic mass is 10.1. The zero-order chi connectivity index (χ0) is 11.8. The number of nitrogens with one attached hydrogen (secondary N) is 1. The number of para-hydroxylation sites is 1. The van der Waals surface area contributed by atoms with Crippen LogP contribution in [0.1, 0.15) is 11.3 Å². The van der Waals surface area contributed by atoms with Gasteiger partial charge in [0.25, 0.3) is 0 Å². The molecule has 1 N–H and O–H groups in total. The monoisotopic (exact) mass is 226 g/mol. The number of carbonyl (C=O) groups excluding carboxylic acids is 1. The van der Waals surface area contributed by atoms with Crippen LogP contribution in [0, 0.1) is 0 Å². The minimum atomic E-state index is -0.0160. The second-order valence-corrected chi connectivity index (χ2v) is 4.25. The molecule has 3 nitrogen and oxygen atoms in total. The molecule has 0 atom stereocenters. The molecule has 0 saturated heterocycles. The Morgan fingerprint density at radius 3 is 3.06 bits per heavy atom. The van der Waals surface area contributed by atoms with Crippen molar-refractivity contribution in [3.63, 3.8) is 0 Å². The first-order valence-electron chi connectivity index (χ1n) is 5.83. The lowest BCUT2D eigenvalue weighted by Crippen LogP contribution is -2.36. The zero-order valence-electron chi connectivity index (χ0n) is 9.57. The number of nitrogens with zero attached hydrogens (tertiary/aromatic N) is 1. The largest absolute Gasteiger partial charge is 0.337 e. The summed E-state index contributed by atoms with van der Waals surface area (Å²) in [7, 11) is 0. The van der Waals surface area contributed by atoms with Gasteiger partial charge in [-0.15, -0.1) is 6.58 Å². The van der Waals surface area contributed by atoms with Gasteiger partial charge in [-0.25, -0.2) is 4.79 Å². The lowest BCUT2D eigenvalue weighted by molar-refractivity contribution is 0.240. The molecule has 2 heterocycles. The highest BCUT2D eigenvalue weighted by Gasteiger charge is 2.23. The minimum Gasteiger partial charge on any atom is -0.337 e. The summed E-state index contributed by atoms with van der Waals surface area (Å²) in [5.74, 6) is 0. The van der Waals surface area contributed by atoms with Crippen molar-refractivity contribution in [1.82, 2.24) is 9.88 Å². The van der Waals surface area contributed by atoms with E-state index >= 15 is 0 Å². The van der Waals surface area contributed by atoms with Crippen LogP contribution in [-0.4, -0.2) is 17.1 Å². The fourth-order valence-corrected chi connectivity index (χ4v) is 2.59. The van der Waals surface area contributed by atoms with Crippen LogP contribution in [0.3, 0.4) is 0 Å². The number of aromatic nitrogens is 1. The summed E-state index contributed by atoms with van der Waals surface area (Å²) in [6, 6.07) is 8.04. The molecule has 1 aliphatic heterocycles. The molecule has 17 heavy (non-hydrogen) atoms. The second kappa shape index (κ2) is 3.77. The Kier molecular flexibility index (Phi) is 2.25. The number of fused-ring (bicyclic) bond motifs is 3. The highest BCUT2D eigenvalue weighted by Crippen LogP contribution is 2.28. The van der Waals surface area contributed by atoms with Gasteiger partial charge in [-0.2, -0.15) is 0 Å². The van der Waals surface area contributed by atoms with Crippen LogP contribution >= 0.6 is 0 Å². The molecule has 1 amide bonds. The van der Waals surface area contributed by atoms with E-state index in [9.17, 15) is 4.79 Å². The Morgan fingerprint density at radius 1 is 1.41 bits per heavy atom. The molecule has 0 unspecified atom stereocenters. The third kappa shape index (κ3) is 1.39. The van der Waals surface area contributed by atoms with Crippen molar-refractivity contribution >= 4 is 16.9 Å². The van der Waals surface area contributed by atoms with Gasteiger partial charge in [0.15, 0.2) is 0 Å². The molecule has 0 aliphatic carbocycles. The molecule has 86 valence electrons. The Labute approximate surface area is 99.7 Å². The van der Waals surface area contributed by atoms with Crippen LogP contribution in [0.5, 0.6) is 0 Å². The van der Waals surface area contributed by atoms with Gasteiger partial charge in [0.05, 0.1) is 5.52 Å². The Balaban J connectivity index is 2.38. The summed E-state index contributed by atoms with van der Waals surface area (Å²) < 4.78 is 1.80. The lowest BCUT2D eigenvalue weighted by Gasteiger charge is -2.17. The van der Waals surface area contributed by atoms with Crippen LogP contribution in [0.25, 0.3) is 10.9 Å². The van der Waals surface area contributed by atoms with Crippen molar-refractivity contribution in [1.29, 1.82) is 0 Å². The highest BCUT2D eigenvalue weighted by atomic mass is 16.2. The number of carbonyl (C=O) groups is 1. The average molecular weight is 226 g/mol. The standard InChI is InChI=1S/C14H14N2O/c1-2-5-10-11-6-3-4-7-12(11)16-13(10)8-9-15-14(16)17/h2-4,6-7H,1,5,8-9H2,(H,15,17). The van der Waals surface area contributed by atoms with Gasteiger partial charge in [-0.1, -0.05) is 24.3 Å². The van der Waals surface area contributed by atoms with Crippen LogP contribution in [0.4, 0.5) is 4.79 Å². The third-order valence-electron chi connectivity index (χ3n) is 3.28. The predicted molar refractivity (Wildman–Crippen MR) is 68.3 cm³/mol. The summed E-state index contributed by atoms with van der Waals surface area (Å²) in [5, 5.41) is 4.05. The van der Waals surface area contributed by atoms with E-state index in [0.29, 0.717) is 0 Å². The average Bonchev–Trinajstić information content (AvgIpc) is 2.66. The molecular weight excluding hydrogens is 212 g/mol. The first kappa shape index (κ1) is 10.1. The number of amides is 1. The summed E-state index contributed by atoms with van der Waals surface area (Å²) in [5.41, 5.74) is 3.37. The number of benzene rings is 1. The zero-order valence-corrected chi connectivity index (χ0v) is 9.57. The first-order chi connectivity index (χ1) is 8.33. The number of rotatable bonds is 2. The highest BCUT2D eigenvalue weighted by molar-refractivity contribution is 5.96. The third-order valence-corrected chi connectivity index (χ3v) is 3.28. The predicted octanol–water partition coefficient (Wildman–Crippen LogP) is 2.48. The molecule has 1 aromatic heterocycles. The smallest absolute Gasteiger partial charge is 0.326 e. The van der Waals surface area contributed by atoms with Gasteiger partial charge < -0.3 is 5.32 Å². The molecule has 3 heteroatoms. The molecule has 0 bridgehead atoms. The van der Waals surface area contributed by atoms with E-state index in [4.69, 9.17) is 0 Å². The molecule has 1 aliphatic rings. The van der Waals surface area contributed by atoms with Crippen molar-refractivity contribution in [2.75, 3.05) is 6.54 Å². The molecule has 0 saturated carbocycles. The van der Waals surface area contributed by atoms with Crippen LogP contribution in [-0.2, 0) is 12.8 Å². The van der Waals surface area contributed by atoms with E-state index < -0.39 is 0 Å². The van der Waals surface area contributed by atoms with Gasteiger partial charge >= 0.3 is 6.03 Å². The van der Waals surface area contributed by atoms with Gasteiger partial charge in [-0.3, -0.25) is 4.57 Å². The van der Waals surface area contributed by atoms with Gasteiger partial charge in [0.1, 0.15) is 0 Å². The van der Waals surface area contributed by atoms with Crippen molar-refractivity contribution in [2.45, 2.75) is 12.8 Å². The van der Waals surface area contributed by atoms with E-state index in [1.807, 2.05) is 24.3 Å². The molecule has 0 fully saturated rings. The molecule has 0 spiro atoms. The maximum absolute atomic E-state index is 11.9. The molecule has 1 aromatic carbocycles. The summed E-state index contributed by atoms with van der Waals surface area (Å²) >= 11 is 0. The first-order valence-corrected chi connectivity index (χ1v) is 5.83. The Hall–Kier alpha value is -2.03. The number of allylic oxidation sites excluding steroid dienone is 1. The van der Waals surface area contributed by atoms with Crippen LogP contribution in [0.2, 0.25) is 0 Å². The molecular formula is C14H14N2O. The molecule has 0 radical (unpaired) electrons. The van der Waals surface area contributed by atoms with Crippen LogP contribution < -0.4 is 5.32 Å². The molecule has 2 aromatic rings. The van der Waals surface area contributed by atoms with Crippen LogP contribution in [0.15, 0.2) is 36.9 Å². The maximum atomic E-state index is 11.9. The van der Waals surface area contributed by atoms with Crippen molar-refractivity contribution < 1.29 is 4.79 Å². The second-order valence-electron chi connectivity index (χ2n) is 4.25. The minimum absolute atomic E-state index is 0.0160. The van der Waals surface area contributed by atoms with Gasteiger partial charge in [-0.05, 0) is 18.1 Å². The normalized spacial score (nSPS) is 14.5. The Morgan fingerprint density at radius 2 is 2.24 bits per heavy atom. The summed E-state index contributed by atoms with van der Waals surface area (Å²) in [6.45, 7) is 4.52. The summed E-state index contributed by atoms with van der Waals surface area (Å²) in [4.78, 5) is 11.9. The van der Waals surface area contributed by atoms with Gasteiger partial charge in [0.2, 0.25) is 0 Å². The maximum Gasteiger partial charge on any atom is 0.326 e. The quantitative estimate of drug-likeness (QED) is 0.784. The number of hydrogen-bond acceptors (Lipinski definition) is 1. The van der Waals surface area contributed by atoms with Crippen molar-refractivity contribution in [3.8, 4) is 0 Å². The molecule has 3 rings (SSSR count). The van der Waals surface area contributed by atoms with E-state index in [1.165, 1.54) is 10.9 Å². The fourth-order valence-electron chi connectivity index (χ4n) is 2.59. The van der Waals surface area contributed by atoms with E-state index in [0.717, 1.165) is 30.6 Å². The van der Waals surface area contributed by atoms with E-state index in [-0.39, 0.29) is 6.03 Å². The summed E-state index contributed by atoms with van der Waals surface area (Å²) in [6.07, 6.45) is 3.61. The topological polar surface area (TPSA) is 34.0 Å². The SMILES string of the molecule is C=CCc1c2n(c3ccccc13)C(=O)NCC2. The fraction of sp³-hybridized carbons (Fsp3) is 0.214. The van der Waals surface area contributed by atoms with E-state index in [1.54, 1.807) is 4.57 Å². The van der Waals surface area contributed by atoms with Crippen molar-refractivity contribution in [3.05, 3.63) is 48.2 Å². The van der Waals surface area contributed by atoms with E-state index in [2.05, 4.69) is 18.0 Å².